The van der Waals surface area contributed by atoms with Gasteiger partial charge in [-0.3, -0.25) is 4.90 Å². The Balaban J connectivity index is 1.42. The van der Waals surface area contributed by atoms with Crippen LogP contribution in [0.5, 0.6) is 0 Å². The van der Waals surface area contributed by atoms with Crippen LogP contribution in [0.15, 0.2) is 169 Å². The van der Waals surface area contributed by atoms with Gasteiger partial charge in [-0.2, -0.15) is 9.97 Å². The van der Waals surface area contributed by atoms with Crippen molar-refractivity contribution in [3.05, 3.63) is 197 Å². The zero-order valence-electron chi connectivity index (χ0n) is 28.9. The fraction of sp³-hybridized carbons (Fsp3) is 0.128. The molecule has 0 fully saturated rings. The zero-order chi connectivity index (χ0) is 34.4. The van der Waals surface area contributed by atoms with Crippen molar-refractivity contribution in [2.24, 2.45) is 5.92 Å². The maximum atomic E-state index is 5.40. The fourth-order valence-electron chi connectivity index (χ4n) is 8.08. The van der Waals surface area contributed by atoms with Crippen molar-refractivity contribution in [1.82, 2.24) is 15.0 Å². The van der Waals surface area contributed by atoms with E-state index in [1.807, 2.05) is 36.4 Å². The van der Waals surface area contributed by atoms with Gasteiger partial charge in [-0.15, -0.1) is 0 Å². The summed E-state index contributed by atoms with van der Waals surface area (Å²) in [6, 6.07) is 49.3. The average molecular weight is 659 g/mol. The van der Waals surface area contributed by atoms with E-state index in [0.717, 1.165) is 40.9 Å². The van der Waals surface area contributed by atoms with E-state index in [1.54, 1.807) is 0 Å². The maximum absolute atomic E-state index is 5.40. The number of allylic oxidation sites excluding steroid dienone is 6. The minimum atomic E-state index is -0.250. The van der Waals surface area contributed by atoms with E-state index in [9.17, 15) is 0 Å². The number of fused-ring (bicyclic) bond motifs is 4. The molecule has 0 unspecified atom stereocenters. The van der Waals surface area contributed by atoms with E-state index < -0.39 is 0 Å². The molecule has 1 aliphatic heterocycles. The summed E-state index contributed by atoms with van der Waals surface area (Å²) in [7, 11) is 0. The van der Waals surface area contributed by atoms with Gasteiger partial charge in [0.15, 0.2) is 11.6 Å². The van der Waals surface area contributed by atoms with Crippen LogP contribution in [0.3, 0.4) is 0 Å². The van der Waals surface area contributed by atoms with Gasteiger partial charge in [-0.1, -0.05) is 178 Å². The first-order valence-corrected chi connectivity index (χ1v) is 17.8. The second-order valence-corrected chi connectivity index (χ2v) is 14.0. The Labute approximate surface area is 299 Å². The molecule has 4 heteroatoms. The molecule has 4 nitrogen and oxygen atoms in total. The molecular weight excluding hydrogens is 621 g/mol. The molecular formula is C47H38N4. The average Bonchev–Trinajstić information content (AvgIpc) is 3.29. The van der Waals surface area contributed by atoms with Crippen molar-refractivity contribution >= 4 is 22.9 Å². The largest absolute Gasteiger partial charge is 0.278 e. The molecule has 0 saturated heterocycles. The summed E-state index contributed by atoms with van der Waals surface area (Å²) in [4.78, 5) is 18.3. The van der Waals surface area contributed by atoms with Gasteiger partial charge in [-0.25, -0.2) is 4.98 Å². The van der Waals surface area contributed by atoms with E-state index in [0.29, 0.717) is 17.6 Å². The molecule has 0 radical (unpaired) electrons. The first-order chi connectivity index (χ1) is 25.1. The number of aromatic nitrogens is 3. The van der Waals surface area contributed by atoms with Crippen LogP contribution in [0.2, 0.25) is 0 Å². The highest BCUT2D eigenvalue weighted by molar-refractivity contribution is 6.10. The highest BCUT2D eigenvalue weighted by atomic mass is 15.3. The second-order valence-electron chi connectivity index (χ2n) is 14.0. The molecule has 0 bridgehead atoms. The van der Waals surface area contributed by atoms with Crippen molar-refractivity contribution < 1.29 is 0 Å². The van der Waals surface area contributed by atoms with Crippen LogP contribution in [0, 0.1) is 5.92 Å². The molecule has 246 valence electrons. The third-order valence-electron chi connectivity index (χ3n) is 10.5. The molecule has 6 aromatic rings. The summed E-state index contributed by atoms with van der Waals surface area (Å²) in [5, 5.41) is 0. The van der Waals surface area contributed by atoms with Crippen LogP contribution >= 0.6 is 0 Å². The molecule has 1 atom stereocenters. The van der Waals surface area contributed by atoms with Crippen molar-refractivity contribution in [3.8, 4) is 22.8 Å². The molecule has 3 aliphatic rings. The number of benzene rings is 5. The lowest BCUT2D eigenvalue weighted by molar-refractivity contribution is 0.638. The Morgan fingerprint density at radius 3 is 1.67 bits per heavy atom. The van der Waals surface area contributed by atoms with Gasteiger partial charge in [-0.05, 0) is 46.2 Å². The summed E-state index contributed by atoms with van der Waals surface area (Å²) in [6.07, 6.45) is 10.8. The van der Waals surface area contributed by atoms with Crippen LogP contribution in [-0.4, -0.2) is 15.0 Å². The summed E-state index contributed by atoms with van der Waals surface area (Å²) in [6.45, 7) is 4.72. The lowest BCUT2D eigenvalue weighted by atomic mass is 9.75. The topological polar surface area (TPSA) is 41.9 Å². The summed E-state index contributed by atoms with van der Waals surface area (Å²) < 4.78 is 0. The van der Waals surface area contributed by atoms with Gasteiger partial charge in [0.05, 0.1) is 11.4 Å². The Kier molecular flexibility index (Phi) is 7.66. The standard InChI is InChI=1S/C47H38N4/c1-47(2)40-29-17-15-27-36(40)39-31-38(32-19-7-3-8-20-32)42(33-21-9-4-10-22-33)51(43(39)37-28-16-18-30-41(37)47)46-49-44(34-23-11-5-12-24-34)48-45(50-46)35-25-13-6-14-26-35/h3-19,21-30,32H,20,31H2,1-2H3/t32-/m0/s1. The van der Waals surface area contributed by atoms with Gasteiger partial charge in [0.1, 0.15) is 0 Å². The number of rotatable bonds is 5. The van der Waals surface area contributed by atoms with Crippen LogP contribution in [0.4, 0.5) is 5.95 Å². The number of hydrogen-bond donors (Lipinski definition) is 0. The molecule has 1 aromatic heterocycles. The summed E-state index contributed by atoms with van der Waals surface area (Å²) >= 11 is 0. The van der Waals surface area contributed by atoms with Gasteiger partial charge < -0.3 is 0 Å². The Morgan fingerprint density at radius 1 is 0.549 bits per heavy atom. The molecule has 51 heavy (non-hydrogen) atoms. The minimum absolute atomic E-state index is 0.212. The minimum Gasteiger partial charge on any atom is -0.278 e. The Hall–Kier alpha value is -6.13. The molecule has 9 rings (SSSR count). The van der Waals surface area contributed by atoms with Gasteiger partial charge in [0, 0.05) is 28.0 Å². The SMILES string of the molecule is CC1(C)c2ccccc2C2=C(c3ccccc31)N(c1nc(-c3ccccc3)nc(-c3ccccc3)n1)C(c1ccccc1)=C([C@H]1C=CC=CC1)C2. The lowest BCUT2D eigenvalue weighted by Gasteiger charge is -2.39. The van der Waals surface area contributed by atoms with Gasteiger partial charge in [0.2, 0.25) is 5.95 Å². The number of anilines is 1. The summed E-state index contributed by atoms with van der Waals surface area (Å²) in [5.74, 6) is 2.10. The highest BCUT2D eigenvalue weighted by Gasteiger charge is 2.41. The van der Waals surface area contributed by atoms with E-state index in [-0.39, 0.29) is 11.3 Å². The van der Waals surface area contributed by atoms with Crippen LogP contribution < -0.4 is 4.90 Å². The number of nitrogens with zero attached hydrogens (tertiary/aromatic N) is 4. The van der Waals surface area contributed by atoms with E-state index in [2.05, 4.69) is 146 Å². The smallest absolute Gasteiger partial charge is 0.238 e. The normalized spacial score (nSPS) is 17.5. The number of hydrogen-bond acceptors (Lipinski definition) is 4. The summed E-state index contributed by atoms with van der Waals surface area (Å²) in [5.41, 5.74) is 12.8. The predicted octanol–water partition coefficient (Wildman–Crippen LogP) is 11.2. The Morgan fingerprint density at radius 2 is 1.08 bits per heavy atom. The fourth-order valence-corrected chi connectivity index (χ4v) is 8.08. The van der Waals surface area contributed by atoms with Crippen LogP contribution in [0.25, 0.3) is 39.7 Å². The molecule has 0 amide bonds. The third kappa shape index (κ3) is 5.35. The quantitative estimate of drug-likeness (QED) is 0.185. The monoisotopic (exact) mass is 658 g/mol. The molecule has 2 heterocycles. The van der Waals surface area contributed by atoms with Crippen molar-refractivity contribution in [3.63, 3.8) is 0 Å². The van der Waals surface area contributed by atoms with E-state index in [1.165, 1.54) is 33.4 Å². The second kappa shape index (κ2) is 12.6. The van der Waals surface area contributed by atoms with E-state index >= 15 is 0 Å². The molecule has 0 saturated carbocycles. The molecule has 5 aromatic carbocycles. The van der Waals surface area contributed by atoms with Crippen molar-refractivity contribution in [2.75, 3.05) is 4.90 Å². The predicted molar refractivity (Wildman–Crippen MR) is 209 cm³/mol. The van der Waals surface area contributed by atoms with Crippen LogP contribution in [-0.2, 0) is 5.41 Å². The maximum Gasteiger partial charge on any atom is 0.238 e. The van der Waals surface area contributed by atoms with Crippen LogP contribution in [0.1, 0.15) is 54.5 Å². The van der Waals surface area contributed by atoms with Gasteiger partial charge >= 0.3 is 0 Å². The molecule has 2 aliphatic carbocycles. The van der Waals surface area contributed by atoms with Crippen molar-refractivity contribution in [2.45, 2.75) is 32.1 Å². The lowest BCUT2D eigenvalue weighted by Crippen LogP contribution is -2.30. The third-order valence-corrected chi connectivity index (χ3v) is 10.5. The zero-order valence-corrected chi connectivity index (χ0v) is 28.9. The highest BCUT2D eigenvalue weighted by Crippen LogP contribution is 2.54. The first-order valence-electron chi connectivity index (χ1n) is 17.8. The van der Waals surface area contributed by atoms with Gasteiger partial charge in [0.25, 0.3) is 0 Å². The van der Waals surface area contributed by atoms with Crippen molar-refractivity contribution in [1.29, 1.82) is 0 Å². The Bertz CT molecular complexity index is 2330. The first kappa shape index (κ1) is 30.9. The van der Waals surface area contributed by atoms with E-state index in [4.69, 9.17) is 15.0 Å². The molecule has 0 spiro atoms. The molecule has 0 N–H and O–H groups in total.